The van der Waals surface area contributed by atoms with Crippen molar-refractivity contribution in [1.29, 1.82) is 0 Å². The average Bonchev–Trinajstić information content (AvgIpc) is 3.05. The number of carboxylic acids is 1. The lowest BCUT2D eigenvalue weighted by atomic mass is 9.52. The topological polar surface area (TPSA) is 98.7 Å². The zero-order valence-electron chi connectivity index (χ0n) is 28.3. The fourth-order valence-electron chi connectivity index (χ4n) is 9.70. The third-order valence-electron chi connectivity index (χ3n) is 11.7. The van der Waals surface area contributed by atoms with Gasteiger partial charge in [0.25, 0.3) is 5.91 Å². The van der Waals surface area contributed by atoms with Crippen LogP contribution in [0.1, 0.15) is 98.5 Å². The van der Waals surface area contributed by atoms with E-state index in [1.165, 1.54) is 70.6 Å². The van der Waals surface area contributed by atoms with Gasteiger partial charge in [-0.3, -0.25) is 4.79 Å². The molecule has 5 saturated carbocycles. The van der Waals surface area contributed by atoms with Gasteiger partial charge in [0.15, 0.2) is 0 Å². The summed E-state index contributed by atoms with van der Waals surface area (Å²) in [6, 6.07) is 12.9. The van der Waals surface area contributed by atoms with E-state index < -0.39 is 12.0 Å². The van der Waals surface area contributed by atoms with Crippen LogP contribution in [0.3, 0.4) is 0 Å². The summed E-state index contributed by atoms with van der Waals surface area (Å²) in [6.45, 7) is 3.45. The van der Waals surface area contributed by atoms with Crippen molar-refractivity contribution in [3.63, 3.8) is 0 Å². The lowest BCUT2D eigenvalue weighted by Gasteiger charge is -2.60. The Balaban J connectivity index is 1.18. The fourth-order valence-corrected chi connectivity index (χ4v) is 10.2. The Bertz CT molecular complexity index is 1400. The molecule has 0 saturated heterocycles. The van der Waals surface area contributed by atoms with Crippen LogP contribution >= 0.6 is 11.8 Å². The molecular formula is C39H53N3O4S. The Hall–Kier alpha value is -3.00. The molecule has 3 N–H and O–H groups in total. The van der Waals surface area contributed by atoms with E-state index in [9.17, 15) is 19.5 Å². The van der Waals surface area contributed by atoms with Crippen molar-refractivity contribution in [2.24, 2.45) is 23.7 Å². The molecule has 0 heterocycles. The maximum absolute atomic E-state index is 14.1. The highest BCUT2D eigenvalue weighted by Crippen LogP contribution is 2.58. The van der Waals surface area contributed by atoms with E-state index in [0.29, 0.717) is 36.6 Å². The number of rotatable bonds is 13. The van der Waals surface area contributed by atoms with Crippen LogP contribution in [-0.2, 0) is 11.2 Å². The van der Waals surface area contributed by atoms with Gasteiger partial charge in [-0.05, 0) is 135 Å². The third kappa shape index (κ3) is 7.84. The second kappa shape index (κ2) is 15.0. The number of hydrogen-bond acceptors (Lipinski definition) is 4. The van der Waals surface area contributed by atoms with E-state index in [2.05, 4.69) is 15.5 Å². The van der Waals surface area contributed by atoms with Gasteiger partial charge in [0.05, 0.1) is 0 Å². The molecule has 2 aromatic rings. The zero-order chi connectivity index (χ0) is 33.0. The molecule has 0 spiro atoms. The zero-order valence-corrected chi connectivity index (χ0v) is 29.1. The first-order chi connectivity index (χ1) is 22.7. The average molecular weight is 660 g/mol. The summed E-state index contributed by atoms with van der Waals surface area (Å²) in [5, 5.41) is 15.8. The SMILES string of the molecule is CSCC[C@H](NC(=O)c1ccc(CCNC(=O)N(CC2CCCCC2)C23CC4CC(CC(C4)C2)C3)cc1-c1ccccc1C)C(=O)O. The maximum atomic E-state index is 14.1. The van der Waals surface area contributed by atoms with Crippen molar-refractivity contribution < 1.29 is 19.5 Å². The minimum absolute atomic E-state index is 0.0346. The van der Waals surface area contributed by atoms with Crippen LogP contribution in [0.15, 0.2) is 42.5 Å². The number of aryl methyl sites for hydroxylation is 1. The summed E-state index contributed by atoms with van der Waals surface area (Å²) < 4.78 is 0. The highest BCUT2D eigenvalue weighted by atomic mass is 32.2. The monoisotopic (exact) mass is 659 g/mol. The van der Waals surface area contributed by atoms with Crippen molar-refractivity contribution in [2.75, 3.05) is 25.1 Å². The van der Waals surface area contributed by atoms with Crippen LogP contribution in [0.4, 0.5) is 4.79 Å². The number of benzene rings is 2. The third-order valence-corrected chi connectivity index (χ3v) is 12.3. The van der Waals surface area contributed by atoms with E-state index in [-0.39, 0.29) is 17.5 Å². The molecule has 47 heavy (non-hydrogen) atoms. The summed E-state index contributed by atoms with van der Waals surface area (Å²) in [5.41, 5.74) is 4.30. The molecule has 254 valence electrons. The number of nitrogens with zero attached hydrogens (tertiary/aromatic N) is 1. The summed E-state index contributed by atoms with van der Waals surface area (Å²) in [6.07, 6.45) is 17.0. The van der Waals surface area contributed by atoms with Crippen LogP contribution in [0.25, 0.3) is 11.1 Å². The molecular weight excluding hydrogens is 607 g/mol. The fraction of sp³-hybridized carbons (Fsp3) is 0.615. The van der Waals surface area contributed by atoms with Gasteiger partial charge in [-0.25, -0.2) is 9.59 Å². The Morgan fingerprint density at radius 3 is 2.28 bits per heavy atom. The highest BCUT2D eigenvalue weighted by molar-refractivity contribution is 7.98. The van der Waals surface area contributed by atoms with Gasteiger partial charge in [0.2, 0.25) is 0 Å². The molecule has 2 aromatic carbocycles. The minimum Gasteiger partial charge on any atom is -0.480 e. The molecule has 5 aliphatic rings. The lowest BCUT2D eigenvalue weighted by molar-refractivity contribution is -0.139. The van der Waals surface area contributed by atoms with Gasteiger partial charge in [0, 0.05) is 24.2 Å². The summed E-state index contributed by atoms with van der Waals surface area (Å²) in [4.78, 5) is 41.9. The van der Waals surface area contributed by atoms with Crippen molar-refractivity contribution in [1.82, 2.24) is 15.5 Å². The van der Waals surface area contributed by atoms with Crippen LogP contribution < -0.4 is 10.6 Å². The Kier molecular flexibility index (Phi) is 10.8. The molecule has 5 fully saturated rings. The Morgan fingerprint density at radius 2 is 1.64 bits per heavy atom. The molecule has 8 heteroatoms. The van der Waals surface area contributed by atoms with Crippen LogP contribution in [0, 0.1) is 30.6 Å². The summed E-state index contributed by atoms with van der Waals surface area (Å²) in [7, 11) is 0. The van der Waals surface area contributed by atoms with Gasteiger partial charge in [-0.2, -0.15) is 11.8 Å². The van der Waals surface area contributed by atoms with Crippen molar-refractivity contribution in [3.8, 4) is 11.1 Å². The molecule has 0 aliphatic heterocycles. The molecule has 3 amide bonds. The van der Waals surface area contributed by atoms with Gasteiger partial charge in [-0.15, -0.1) is 0 Å². The van der Waals surface area contributed by atoms with Crippen LogP contribution in [0.5, 0.6) is 0 Å². The predicted molar refractivity (Wildman–Crippen MR) is 190 cm³/mol. The van der Waals surface area contributed by atoms with Gasteiger partial charge in [-0.1, -0.05) is 55.7 Å². The van der Waals surface area contributed by atoms with Crippen LogP contribution in [-0.4, -0.2) is 64.6 Å². The smallest absolute Gasteiger partial charge is 0.326 e. The lowest BCUT2D eigenvalue weighted by Crippen LogP contribution is -2.64. The van der Waals surface area contributed by atoms with E-state index in [0.717, 1.165) is 46.6 Å². The van der Waals surface area contributed by atoms with Crippen molar-refractivity contribution >= 4 is 29.7 Å². The Morgan fingerprint density at radius 1 is 0.957 bits per heavy atom. The number of aliphatic carboxylic acids is 1. The molecule has 7 rings (SSSR count). The number of thioether (sulfide) groups is 1. The molecule has 0 unspecified atom stereocenters. The number of hydrogen-bond donors (Lipinski definition) is 3. The van der Waals surface area contributed by atoms with Crippen molar-refractivity contribution in [3.05, 3.63) is 59.2 Å². The maximum Gasteiger partial charge on any atom is 0.326 e. The van der Waals surface area contributed by atoms with E-state index >= 15 is 0 Å². The predicted octanol–water partition coefficient (Wildman–Crippen LogP) is 7.70. The van der Waals surface area contributed by atoms with Crippen molar-refractivity contribution in [2.45, 2.75) is 102 Å². The standard InChI is InChI=1S/C39H53N3O4S/c1-26-8-6-7-11-32(26)34-21-27(12-13-33(34)36(43)41-35(37(44)45)15-17-47-2)14-16-40-38(46)42(25-28-9-4-3-5-10-28)39-22-29-18-30(23-39)20-31(19-29)24-39/h6-8,11-13,21,28-31,35H,3-5,9-10,14-20,22-25H2,1-2H3,(H,40,46)(H,41,43)(H,44,45)/t29?,30?,31?,35-,39?/m0/s1. The first kappa shape index (κ1) is 33.9. The highest BCUT2D eigenvalue weighted by Gasteiger charge is 2.55. The normalized spacial score (nSPS) is 25.7. The minimum atomic E-state index is -1.02. The number of urea groups is 1. The number of carbonyl (C=O) groups is 3. The van der Waals surface area contributed by atoms with Gasteiger partial charge < -0.3 is 20.6 Å². The Labute approximate surface area is 285 Å². The van der Waals surface area contributed by atoms with E-state index in [4.69, 9.17) is 0 Å². The van der Waals surface area contributed by atoms with E-state index in [1.807, 2.05) is 55.6 Å². The molecule has 7 nitrogen and oxygen atoms in total. The second-order valence-corrected chi connectivity index (χ2v) is 16.1. The van der Waals surface area contributed by atoms with Gasteiger partial charge in [0.1, 0.15) is 6.04 Å². The number of carbonyl (C=O) groups excluding carboxylic acids is 2. The molecule has 0 radical (unpaired) electrons. The quantitative estimate of drug-likeness (QED) is 0.205. The number of nitrogens with one attached hydrogen (secondary N) is 2. The van der Waals surface area contributed by atoms with Gasteiger partial charge >= 0.3 is 12.0 Å². The second-order valence-electron chi connectivity index (χ2n) is 15.1. The summed E-state index contributed by atoms with van der Waals surface area (Å²) >= 11 is 1.56. The number of carboxylic acid groups (broad SMARTS) is 1. The number of amides is 3. The first-order valence-corrected chi connectivity index (χ1v) is 19.4. The molecule has 4 bridgehead atoms. The molecule has 1 atom stereocenters. The first-order valence-electron chi connectivity index (χ1n) is 18.0. The van der Waals surface area contributed by atoms with E-state index in [1.54, 1.807) is 11.8 Å². The largest absolute Gasteiger partial charge is 0.480 e. The molecule has 0 aromatic heterocycles. The van der Waals surface area contributed by atoms with Crippen LogP contribution in [0.2, 0.25) is 0 Å². The molecule has 5 aliphatic carbocycles. The summed E-state index contributed by atoms with van der Waals surface area (Å²) in [5.74, 6) is 2.21.